The molecule has 0 heterocycles. The van der Waals surface area contributed by atoms with E-state index in [4.69, 9.17) is 23.2 Å². The van der Waals surface area contributed by atoms with E-state index in [1.54, 1.807) is 36.7 Å². The van der Waals surface area contributed by atoms with Crippen molar-refractivity contribution in [2.24, 2.45) is 15.3 Å². The molecule has 0 bridgehead atoms. The van der Waals surface area contributed by atoms with Crippen LogP contribution in [-0.4, -0.2) is 24.3 Å². The molecular weight excluding hydrogens is 457 g/mol. The van der Waals surface area contributed by atoms with Crippen LogP contribution in [0.3, 0.4) is 0 Å². The van der Waals surface area contributed by atoms with Gasteiger partial charge in [-0.25, -0.2) is 5.43 Å². The highest BCUT2D eigenvalue weighted by Crippen LogP contribution is 2.15. The van der Waals surface area contributed by atoms with E-state index in [9.17, 15) is 4.79 Å². The monoisotopic (exact) mass is 479 g/mol. The fourth-order valence-corrected chi connectivity index (χ4v) is 3.13. The van der Waals surface area contributed by atoms with Crippen LogP contribution in [-0.2, 0) is 0 Å². The highest BCUT2D eigenvalue weighted by molar-refractivity contribution is 6.30. The van der Waals surface area contributed by atoms with Crippen LogP contribution in [0.4, 0.5) is 0 Å². The van der Waals surface area contributed by atoms with E-state index in [1.165, 1.54) is 0 Å². The van der Waals surface area contributed by atoms with Gasteiger partial charge in [0.25, 0.3) is 5.91 Å². The standard InChI is InChI=1S/C25H23Cl2N5O/c1-16-12-18(3)23(13-17(16)2)24(33)30-25(31-28-14-19-4-8-21(26)9-5-19)32-29-15-20-6-10-22(27)11-7-20/h4-15H,1-3H3,(H2,30,31,32,33). The summed E-state index contributed by atoms with van der Waals surface area (Å²) in [4.78, 5) is 12.9. The van der Waals surface area contributed by atoms with Crippen LogP contribution in [0.5, 0.6) is 0 Å². The second-order valence-corrected chi connectivity index (χ2v) is 8.24. The Morgan fingerprint density at radius 1 is 0.788 bits per heavy atom. The number of rotatable bonds is 5. The van der Waals surface area contributed by atoms with Gasteiger partial charge in [0.1, 0.15) is 0 Å². The van der Waals surface area contributed by atoms with E-state index in [2.05, 4.69) is 26.0 Å². The molecule has 0 aliphatic heterocycles. The van der Waals surface area contributed by atoms with Crippen molar-refractivity contribution in [2.45, 2.75) is 20.8 Å². The molecule has 0 saturated carbocycles. The number of aryl methyl sites for hydroxylation is 3. The Morgan fingerprint density at radius 3 is 1.94 bits per heavy atom. The molecule has 3 rings (SSSR count). The number of hydrogen-bond acceptors (Lipinski definition) is 4. The van der Waals surface area contributed by atoms with Crippen LogP contribution in [0.15, 0.2) is 76.0 Å². The van der Waals surface area contributed by atoms with Gasteiger partial charge in [-0.15, -0.1) is 5.10 Å². The summed E-state index contributed by atoms with van der Waals surface area (Å²) in [5.41, 5.74) is 7.94. The molecule has 0 saturated heterocycles. The van der Waals surface area contributed by atoms with E-state index in [-0.39, 0.29) is 11.9 Å². The van der Waals surface area contributed by atoms with Gasteiger partial charge in [-0.1, -0.05) is 53.5 Å². The Balaban J connectivity index is 1.80. The summed E-state index contributed by atoms with van der Waals surface area (Å²) in [6.07, 6.45) is 3.14. The number of carbonyl (C=O) groups excluding carboxylic acids is 1. The van der Waals surface area contributed by atoms with E-state index in [1.807, 2.05) is 57.2 Å². The van der Waals surface area contributed by atoms with Gasteiger partial charge in [0.15, 0.2) is 0 Å². The first kappa shape index (κ1) is 24.2. The topological polar surface area (TPSA) is 78.2 Å². The van der Waals surface area contributed by atoms with Gasteiger partial charge in [0, 0.05) is 15.6 Å². The Hall–Kier alpha value is -3.48. The van der Waals surface area contributed by atoms with Gasteiger partial charge in [-0.2, -0.15) is 10.2 Å². The summed E-state index contributed by atoms with van der Waals surface area (Å²) in [5, 5.41) is 16.3. The maximum absolute atomic E-state index is 12.9. The van der Waals surface area contributed by atoms with Crippen molar-refractivity contribution in [3.05, 3.63) is 104 Å². The third-order valence-corrected chi connectivity index (χ3v) is 5.31. The summed E-state index contributed by atoms with van der Waals surface area (Å²) >= 11 is 11.8. The molecule has 0 unspecified atom stereocenters. The van der Waals surface area contributed by atoms with Crippen molar-refractivity contribution in [1.82, 2.24) is 10.7 Å². The predicted octanol–water partition coefficient (Wildman–Crippen LogP) is 5.66. The van der Waals surface area contributed by atoms with Crippen LogP contribution >= 0.6 is 23.2 Å². The SMILES string of the molecule is Cc1cc(C)c(C(=O)NC(=NN=Cc2ccc(Cl)cc2)NN=Cc2ccc(Cl)cc2)cc1C. The molecule has 0 fully saturated rings. The molecule has 3 aromatic rings. The molecule has 3 aromatic carbocycles. The number of guanidine groups is 1. The van der Waals surface area contributed by atoms with E-state index >= 15 is 0 Å². The van der Waals surface area contributed by atoms with E-state index in [0.29, 0.717) is 15.6 Å². The fraction of sp³-hybridized carbons (Fsp3) is 0.120. The summed E-state index contributed by atoms with van der Waals surface area (Å²) < 4.78 is 0. The predicted molar refractivity (Wildman–Crippen MR) is 137 cm³/mol. The Bertz CT molecular complexity index is 1220. The molecule has 168 valence electrons. The normalized spacial score (nSPS) is 11.8. The maximum Gasteiger partial charge on any atom is 0.258 e. The molecule has 0 atom stereocenters. The first-order valence-corrected chi connectivity index (χ1v) is 10.9. The summed E-state index contributed by atoms with van der Waals surface area (Å²) in [5.74, 6) is -0.238. The molecular formula is C25H23Cl2N5O. The minimum absolute atomic E-state index is 0.0769. The maximum atomic E-state index is 12.9. The van der Waals surface area contributed by atoms with Gasteiger partial charge in [-0.05, 0) is 78.9 Å². The second-order valence-electron chi connectivity index (χ2n) is 7.37. The van der Waals surface area contributed by atoms with Crippen molar-refractivity contribution in [2.75, 3.05) is 0 Å². The Kier molecular flexibility index (Phi) is 8.35. The first-order chi connectivity index (χ1) is 15.8. The number of hydrogen-bond donors (Lipinski definition) is 2. The number of carbonyl (C=O) groups is 1. The lowest BCUT2D eigenvalue weighted by Crippen LogP contribution is -2.39. The van der Waals surface area contributed by atoms with Crippen LogP contribution in [0, 0.1) is 20.8 Å². The van der Waals surface area contributed by atoms with Gasteiger partial charge in [-0.3, -0.25) is 10.1 Å². The quantitative estimate of drug-likeness (QED) is 0.281. The Morgan fingerprint density at radius 2 is 1.33 bits per heavy atom. The summed E-state index contributed by atoms with van der Waals surface area (Å²) in [6, 6.07) is 18.1. The molecule has 0 aliphatic carbocycles. The minimum atomic E-state index is -0.315. The van der Waals surface area contributed by atoms with Gasteiger partial charge < -0.3 is 0 Å². The lowest BCUT2D eigenvalue weighted by atomic mass is 10.0. The molecule has 6 nitrogen and oxygen atoms in total. The zero-order valence-corrected chi connectivity index (χ0v) is 19.9. The van der Waals surface area contributed by atoms with Gasteiger partial charge in [0.2, 0.25) is 5.96 Å². The lowest BCUT2D eigenvalue weighted by molar-refractivity contribution is 0.0975. The Labute approximate surface area is 203 Å². The van der Waals surface area contributed by atoms with Gasteiger partial charge >= 0.3 is 0 Å². The van der Waals surface area contributed by atoms with Crippen molar-refractivity contribution in [3.63, 3.8) is 0 Å². The molecule has 0 spiro atoms. The number of benzene rings is 3. The van der Waals surface area contributed by atoms with Crippen LogP contribution in [0.1, 0.15) is 38.2 Å². The fourth-order valence-electron chi connectivity index (χ4n) is 2.87. The number of halogens is 2. The smallest absolute Gasteiger partial charge is 0.258 e. The van der Waals surface area contributed by atoms with E-state index < -0.39 is 0 Å². The molecule has 1 amide bonds. The average Bonchev–Trinajstić information content (AvgIpc) is 2.78. The first-order valence-electron chi connectivity index (χ1n) is 10.1. The molecule has 33 heavy (non-hydrogen) atoms. The van der Waals surface area contributed by atoms with Gasteiger partial charge in [0.05, 0.1) is 12.4 Å². The molecule has 8 heteroatoms. The zero-order chi connectivity index (χ0) is 23.8. The number of hydrazone groups is 1. The molecule has 0 aromatic heterocycles. The van der Waals surface area contributed by atoms with Crippen LogP contribution in [0.25, 0.3) is 0 Å². The molecule has 0 aliphatic rings. The molecule has 2 N–H and O–H groups in total. The van der Waals surface area contributed by atoms with Crippen LogP contribution < -0.4 is 10.7 Å². The third kappa shape index (κ3) is 7.27. The summed E-state index contributed by atoms with van der Waals surface area (Å²) in [6.45, 7) is 5.87. The number of nitrogens with zero attached hydrogens (tertiary/aromatic N) is 3. The molecule has 0 radical (unpaired) electrons. The van der Waals surface area contributed by atoms with Crippen molar-refractivity contribution < 1.29 is 4.79 Å². The minimum Gasteiger partial charge on any atom is -0.289 e. The third-order valence-electron chi connectivity index (χ3n) is 4.81. The van der Waals surface area contributed by atoms with E-state index in [0.717, 1.165) is 27.8 Å². The second kappa shape index (κ2) is 11.4. The number of nitrogens with one attached hydrogen (secondary N) is 2. The zero-order valence-electron chi connectivity index (χ0n) is 18.4. The van der Waals surface area contributed by atoms with Crippen molar-refractivity contribution >= 4 is 47.5 Å². The average molecular weight is 480 g/mol. The largest absolute Gasteiger partial charge is 0.289 e. The highest BCUT2D eigenvalue weighted by Gasteiger charge is 2.13. The van der Waals surface area contributed by atoms with Crippen LogP contribution in [0.2, 0.25) is 10.0 Å². The lowest BCUT2D eigenvalue weighted by Gasteiger charge is -2.11. The summed E-state index contributed by atoms with van der Waals surface area (Å²) in [7, 11) is 0. The van der Waals surface area contributed by atoms with Crippen molar-refractivity contribution in [3.8, 4) is 0 Å². The highest BCUT2D eigenvalue weighted by atomic mass is 35.5. The van der Waals surface area contributed by atoms with Crippen molar-refractivity contribution in [1.29, 1.82) is 0 Å². The number of amides is 1.